The van der Waals surface area contributed by atoms with Gasteiger partial charge in [0.2, 0.25) is 0 Å². The zero-order valence-electron chi connectivity index (χ0n) is 11.7. The van der Waals surface area contributed by atoms with Crippen LogP contribution in [0, 0.1) is 0 Å². The minimum atomic E-state index is -0.834. The minimum Gasteiger partial charge on any atom is -0.394 e. The SMILES string of the molecule is NCCCCc1cn([C@@H]2CC(O)[C@H](CO)O2)c(=O)[nH]c1=O. The maximum atomic E-state index is 11.9. The van der Waals surface area contributed by atoms with Gasteiger partial charge in [-0.05, 0) is 25.8 Å². The number of aliphatic hydroxyl groups is 2. The maximum absolute atomic E-state index is 11.9. The summed E-state index contributed by atoms with van der Waals surface area (Å²) in [7, 11) is 0. The van der Waals surface area contributed by atoms with Crippen LogP contribution in [0.5, 0.6) is 0 Å². The van der Waals surface area contributed by atoms with Gasteiger partial charge in [-0.25, -0.2) is 4.79 Å². The Morgan fingerprint density at radius 1 is 1.43 bits per heavy atom. The van der Waals surface area contributed by atoms with E-state index >= 15 is 0 Å². The molecule has 0 spiro atoms. The molecule has 1 aliphatic heterocycles. The summed E-state index contributed by atoms with van der Waals surface area (Å²) in [6.07, 6.45) is 1.50. The molecule has 0 radical (unpaired) electrons. The smallest absolute Gasteiger partial charge is 0.330 e. The van der Waals surface area contributed by atoms with Gasteiger partial charge in [0.1, 0.15) is 12.3 Å². The van der Waals surface area contributed by atoms with Crippen molar-refractivity contribution in [1.82, 2.24) is 9.55 Å². The molecule has 5 N–H and O–H groups in total. The van der Waals surface area contributed by atoms with Crippen LogP contribution < -0.4 is 17.0 Å². The minimum absolute atomic E-state index is 0.194. The van der Waals surface area contributed by atoms with Gasteiger partial charge in [0.05, 0.1) is 12.7 Å². The van der Waals surface area contributed by atoms with E-state index in [1.54, 1.807) is 0 Å². The lowest BCUT2D eigenvalue weighted by molar-refractivity contribution is -0.0460. The van der Waals surface area contributed by atoms with E-state index in [4.69, 9.17) is 15.6 Å². The number of unbranched alkanes of at least 4 members (excludes halogenated alkanes) is 1. The number of aromatic amines is 1. The molecule has 0 aliphatic carbocycles. The predicted molar refractivity (Wildman–Crippen MR) is 74.9 cm³/mol. The van der Waals surface area contributed by atoms with Crippen molar-refractivity contribution in [2.75, 3.05) is 13.2 Å². The number of ether oxygens (including phenoxy) is 1. The Morgan fingerprint density at radius 3 is 2.81 bits per heavy atom. The molecule has 2 heterocycles. The van der Waals surface area contributed by atoms with Gasteiger partial charge in [-0.3, -0.25) is 14.3 Å². The van der Waals surface area contributed by atoms with Crippen LogP contribution in [0.2, 0.25) is 0 Å². The average molecular weight is 299 g/mol. The van der Waals surface area contributed by atoms with Crippen molar-refractivity contribution in [3.05, 3.63) is 32.6 Å². The molecule has 8 heteroatoms. The van der Waals surface area contributed by atoms with Crippen LogP contribution in [0.1, 0.15) is 31.1 Å². The number of hydrogen-bond donors (Lipinski definition) is 4. The zero-order chi connectivity index (χ0) is 15.4. The summed E-state index contributed by atoms with van der Waals surface area (Å²) in [5, 5.41) is 18.8. The molecule has 0 saturated carbocycles. The summed E-state index contributed by atoms with van der Waals surface area (Å²) >= 11 is 0. The third-order valence-electron chi connectivity index (χ3n) is 3.64. The Labute approximate surface area is 121 Å². The first kappa shape index (κ1) is 15.9. The molecule has 1 aromatic heterocycles. The van der Waals surface area contributed by atoms with E-state index in [-0.39, 0.29) is 13.0 Å². The van der Waals surface area contributed by atoms with Crippen molar-refractivity contribution in [1.29, 1.82) is 0 Å². The van der Waals surface area contributed by atoms with Crippen LogP contribution in [0.15, 0.2) is 15.8 Å². The second-order valence-corrected chi connectivity index (χ2v) is 5.18. The lowest BCUT2D eigenvalue weighted by atomic mass is 10.1. The van der Waals surface area contributed by atoms with Crippen LogP contribution in [0.3, 0.4) is 0 Å². The number of aliphatic hydroxyl groups excluding tert-OH is 2. The van der Waals surface area contributed by atoms with Crippen LogP contribution in [0.4, 0.5) is 0 Å². The fourth-order valence-electron chi connectivity index (χ4n) is 2.43. The van der Waals surface area contributed by atoms with E-state index in [9.17, 15) is 14.7 Å². The highest BCUT2D eigenvalue weighted by Crippen LogP contribution is 2.27. The van der Waals surface area contributed by atoms with Gasteiger partial charge in [-0.1, -0.05) is 0 Å². The third kappa shape index (κ3) is 3.59. The summed E-state index contributed by atoms with van der Waals surface area (Å²) in [5.74, 6) is 0. The van der Waals surface area contributed by atoms with Crippen molar-refractivity contribution in [2.45, 2.75) is 44.1 Å². The Morgan fingerprint density at radius 2 is 2.19 bits per heavy atom. The molecule has 0 amide bonds. The molecule has 21 heavy (non-hydrogen) atoms. The lowest BCUT2D eigenvalue weighted by Gasteiger charge is -2.15. The quantitative estimate of drug-likeness (QED) is 0.471. The van der Waals surface area contributed by atoms with Crippen molar-refractivity contribution < 1.29 is 14.9 Å². The monoisotopic (exact) mass is 299 g/mol. The van der Waals surface area contributed by atoms with Crippen molar-refractivity contribution in [2.24, 2.45) is 5.73 Å². The van der Waals surface area contributed by atoms with Gasteiger partial charge in [0, 0.05) is 18.2 Å². The first-order valence-electron chi connectivity index (χ1n) is 7.05. The fourth-order valence-corrected chi connectivity index (χ4v) is 2.43. The first-order valence-corrected chi connectivity index (χ1v) is 7.05. The van der Waals surface area contributed by atoms with Gasteiger partial charge >= 0.3 is 5.69 Å². The zero-order valence-corrected chi connectivity index (χ0v) is 11.7. The highest BCUT2D eigenvalue weighted by Gasteiger charge is 2.35. The molecule has 1 unspecified atom stereocenters. The van der Waals surface area contributed by atoms with Gasteiger partial charge in [0.15, 0.2) is 0 Å². The van der Waals surface area contributed by atoms with Gasteiger partial charge in [0.25, 0.3) is 5.56 Å². The van der Waals surface area contributed by atoms with E-state index in [1.165, 1.54) is 10.8 Å². The van der Waals surface area contributed by atoms with E-state index < -0.39 is 29.7 Å². The van der Waals surface area contributed by atoms with Crippen molar-refractivity contribution >= 4 is 0 Å². The van der Waals surface area contributed by atoms with Crippen LogP contribution in [-0.4, -0.2) is 45.1 Å². The molecule has 0 bridgehead atoms. The molecule has 1 aliphatic rings. The number of aromatic nitrogens is 2. The number of aryl methyl sites for hydroxylation is 1. The summed E-state index contributed by atoms with van der Waals surface area (Å²) in [5.41, 5.74) is 4.90. The van der Waals surface area contributed by atoms with Crippen LogP contribution in [0.25, 0.3) is 0 Å². The number of hydrogen-bond acceptors (Lipinski definition) is 6. The number of rotatable bonds is 6. The lowest BCUT2D eigenvalue weighted by Crippen LogP contribution is -2.34. The van der Waals surface area contributed by atoms with E-state index in [0.29, 0.717) is 18.5 Å². The summed E-state index contributed by atoms with van der Waals surface area (Å²) < 4.78 is 6.69. The largest absolute Gasteiger partial charge is 0.394 e. The van der Waals surface area contributed by atoms with Crippen molar-refractivity contribution in [3.8, 4) is 0 Å². The third-order valence-corrected chi connectivity index (χ3v) is 3.64. The molecule has 2 rings (SSSR count). The Hall–Kier alpha value is -1.48. The van der Waals surface area contributed by atoms with Gasteiger partial charge in [-0.15, -0.1) is 0 Å². The van der Waals surface area contributed by atoms with Crippen LogP contribution >= 0.6 is 0 Å². The summed E-state index contributed by atoms with van der Waals surface area (Å²) in [4.78, 5) is 25.9. The summed E-state index contributed by atoms with van der Waals surface area (Å²) in [6, 6.07) is 0. The molecule has 8 nitrogen and oxygen atoms in total. The first-order chi connectivity index (χ1) is 10.1. The Balaban J connectivity index is 2.22. The van der Waals surface area contributed by atoms with Gasteiger partial charge in [-0.2, -0.15) is 0 Å². The average Bonchev–Trinajstić information content (AvgIpc) is 2.82. The number of nitrogens with one attached hydrogen (secondary N) is 1. The molecule has 118 valence electrons. The second kappa shape index (κ2) is 6.99. The number of nitrogens with two attached hydrogens (primary N) is 1. The predicted octanol–water partition coefficient (Wildman–Crippen LogP) is -1.54. The van der Waals surface area contributed by atoms with E-state index in [1.807, 2.05) is 0 Å². The number of nitrogens with zero attached hydrogens (tertiary/aromatic N) is 1. The molecular formula is C13H21N3O5. The number of H-pyrrole nitrogens is 1. The molecule has 1 fully saturated rings. The Kier molecular flexibility index (Phi) is 5.29. The molecule has 0 aromatic carbocycles. The molecule has 3 atom stereocenters. The normalized spacial score (nSPS) is 25.4. The molecular weight excluding hydrogens is 278 g/mol. The van der Waals surface area contributed by atoms with Gasteiger partial charge < -0.3 is 20.7 Å². The second-order valence-electron chi connectivity index (χ2n) is 5.18. The van der Waals surface area contributed by atoms with Crippen LogP contribution in [-0.2, 0) is 11.2 Å². The molecule has 1 aromatic rings. The maximum Gasteiger partial charge on any atom is 0.330 e. The molecule has 1 saturated heterocycles. The summed E-state index contributed by atoms with van der Waals surface area (Å²) in [6.45, 7) is 0.229. The Bertz CT molecular complexity index is 582. The van der Waals surface area contributed by atoms with Crippen molar-refractivity contribution in [3.63, 3.8) is 0 Å². The topological polar surface area (TPSA) is 131 Å². The standard InChI is InChI=1S/C13H21N3O5/c14-4-2-1-3-8-6-16(13(20)15-12(8)19)11-5-9(18)10(7-17)21-11/h6,9-11,17-18H,1-5,7,14H2,(H,15,19,20)/t9?,10-,11-/m0/s1. The van der Waals surface area contributed by atoms with E-state index in [2.05, 4.69) is 4.98 Å². The fraction of sp³-hybridized carbons (Fsp3) is 0.692. The highest BCUT2D eigenvalue weighted by atomic mass is 16.5. The highest BCUT2D eigenvalue weighted by molar-refractivity contribution is 5.05. The van der Waals surface area contributed by atoms with E-state index in [0.717, 1.165) is 12.8 Å².